The molecule has 7 nitrogen and oxygen atoms in total. The number of anilines is 1. The molecule has 1 aliphatic heterocycles. The van der Waals surface area contributed by atoms with Crippen LogP contribution in [0.3, 0.4) is 0 Å². The standard InChI is InChI=1S/C16H19N5O2S/c1-16(22,12-4-3-5-24-12)8-21-10-19-13-14(17-9-18-15(13)21)20-6-11(7-20)23-2/h3-5,9-11,22H,6-8H2,1-2H3. The van der Waals surface area contributed by atoms with Gasteiger partial charge >= 0.3 is 0 Å². The van der Waals surface area contributed by atoms with Crippen LogP contribution in [0.5, 0.6) is 0 Å². The molecule has 1 aliphatic rings. The summed E-state index contributed by atoms with van der Waals surface area (Å²) in [4.78, 5) is 16.3. The minimum absolute atomic E-state index is 0.247. The molecule has 0 spiro atoms. The Kier molecular flexibility index (Phi) is 3.75. The van der Waals surface area contributed by atoms with Crippen LogP contribution >= 0.6 is 11.3 Å². The van der Waals surface area contributed by atoms with Gasteiger partial charge in [-0.25, -0.2) is 15.0 Å². The maximum Gasteiger partial charge on any atom is 0.165 e. The largest absolute Gasteiger partial charge is 0.383 e. The first kappa shape index (κ1) is 15.5. The number of fused-ring (bicyclic) bond motifs is 1. The molecule has 0 radical (unpaired) electrons. The molecule has 4 heterocycles. The Balaban J connectivity index is 1.64. The average molecular weight is 345 g/mol. The van der Waals surface area contributed by atoms with E-state index in [4.69, 9.17) is 4.74 Å². The summed E-state index contributed by atoms with van der Waals surface area (Å²) >= 11 is 1.54. The van der Waals surface area contributed by atoms with Crippen LogP contribution in [-0.4, -0.2) is 50.9 Å². The van der Waals surface area contributed by atoms with Crippen LogP contribution in [0.15, 0.2) is 30.2 Å². The average Bonchev–Trinajstić information content (AvgIpc) is 3.17. The lowest BCUT2D eigenvalue weighted by Gasteiger charge is -2.38. The minimum atomic E-state index is -0.967. The molecule has 1 N–H and O–H groups in total. The van der Waals surface area contributed by atoms with E-state index in [1.54, 1.807) is 31.1 Å². The van der Waals surface area contributed by atoms with Gasteiger partial charge in [0, 0.05) is 25.1 Å². The Hall–Kier alpha value is -2.03. The van der Waals surface area contributed by atoms with Crippen LogP contribution in [-0.2, 0) is 16.9 Å². The van der Waals surface area contributed by atoms with Crippen molar-refractivity contribution in [1.82, 2.24) is 19.5 Å². The quantitative estimate of drug-likeness (QED) is 0.757. The highest BCUT2D eigenvalue weighted by Crippen LogP contribution is 2.30. The van der Waals surface area contributed by atoms with Crippen molar-refractivity contribution in [1.29, 1.82) is 0 Å². The van der Waals surface area contributed by atoms with Gasteiger partial charge < -0.3 is 19.3 Å². The lowest BCUT2D eigenvalue weighted by molar-refractivity contribution is 0.0429. The summed E-state index contributed by atoms with van der Waals surface area (Å²) in [7, 11) is 1.72. The van der Waals surface area contributed by atoms with E-state index in [0.29, 0.717) is 6.54 Å². The number of thiophene rings is 1. The molecule has 3 aromatic rings. The van der Waals surface area contributed by atoms with Crippen LogP contribution in [0, 0.1) is 0 Å². The molecule has 1 saturated heterocycles. The highest BCUT2D eigenvalue weighted by atomic mass is 32.1. The van der Waals surface area contributed by atoms with E-state index in [1.165, 1.54) is 0 Å². The van der Waals surface area contributed by atoms with Crippen LogP contribution in [0.1, 0.15) is 11.8 Å². The van der Waals surface area contributed by atoms with Gasteiger partial charge in [0.15, 0.2) is 17.0 Å². The summed E-state index contributed by atoms with van der Waals surface area (Å²) in [5.41, 5.74) is 0.525. The summed E-state index contributed by atoms with van der Waals surface area (Å²) in [5.74, 6) is 0.822. The maximum atomic E-state index is 10.8. The number of aliphatic hydroxyl groups is 1. The van der Waals surface area contributed by atoms with E-state index in [-0.39, 0.29) is 6.10 Å². The Morgan fingerprint density at radius 3 is 2.92 bits per heavy atom. The van der Waals surface area contributed by atoms with E-state index in [2.05, 4.69) is 19.9 Å². The molecule has 1 atom stereocenters. The lowest BCUT2D eigenvalue weighted by atomic mass is 10.1. The van der Waals surface area contributed by atoms with Gasteiger partial charge in [-0.2, -0.15) is 0 Å². The number of rotatable bonds is 5. The van der Waals surface area contributed by atoms with Crippen molar-refractivity contribution in [2.75, 3.05) is 25.1 Å². The monoisotopic (exact) mass is 345 g/mol. The summed E-state index contributed by atoms with van der Waals surface area (Å²) in [6, 6.07) is 3.88. The molecule has 4 rings (SSSR count). The minimum Gasteiger partial charge on any atom is -0.383 e. The molecule has 3 aromatic heterocycles. The zero-order chi connectivity index (χ0) is 16.7. The molecule has 1 unspecified atom stereocenters. The van der Waals surface area contributed by atoms with Gasteiger partial charge in [0.1, 0.15) is 11.9 Å². The zero-order valence-electron chi connectivity index (χ0n) is 13.6. The molecule has 0 amide bonds. The first-order valence-corrected chi connectivity index (χ1v) is 8.66. The highest BCUT2D eigenvalue weighted by molar-refractivity contribution is 7.10. The zero-order valence-corrected chi connectivity index (χ0v) is 14.4. The third-order valence-electron chi connectivity index (χ3n) is 4.39. The van der Waals surface area contributed by atoms with Gasteiger partial charge in [-0.1, -0.05) is 6.07 Å². The van der Waals surface area contributed by atoms with Gasteiger partial charge in [-0.05, 0) is 18.4 Å². The molecular weight excluding hydrogens is 326 g/mol. The van der Waals surface area contributed by atoms with Crippen molar-refractivity contribution in [2.45, 2.75) is 25.2 Å². The van der Waals surface area contributed by atoms with Crippen molar-refractivity contribution in [3.05, 3.63) is 35.0 Å². The molecular formula is C16H19N5O2S. The first-order chi connectivity index (χ1) is 11.6. The fourth-order valence-corrected chi connectivity index (χ4v) is 3.75. The van der Waals surface area contributed by atoms with Crippen LogP contribution in [0.4, 0.5) is 5.82 Å². The van der Waals surface area contributed by atoms with E-state index in [9.17, 15) is 5.11 Å². The van der Waals surface area contributed by atoms with Crippen molar-refractivity contribution in [3.8, 4) is 0 Å². The highest BCUT2D eigenvalue weighted by Gasteiger charge is 2.31. The third kappa shape index (κ3) is 2.56. The predicted molar refractivity (Wildman–Crippen MR) is 92.2 cm³/mol. The number of methoxy groups -OCH3 is 1. The van der Waals surface area contributed by atoms with Crippen LogP contribution in [0.25, 0.3) is 11.2 Å². The SMILES string of the molecule is COC1CN(c2ncnc3c2ncn3CC(C)(O)c2cccs2)C1. The van der Waals surface area contributed by atoms with E-state index < -0.39 is 5.60 Å². The van der Waals surface area contributed by atoms with Gasteiger partial charge in [0.25, 0.3) is 0 Å². The Morgan fingerprint density at radius 2 is 2.21 bits per heavy atom. The Morgan fingerprint density at radius 1 is 1.38 bits per heavy atom. The number of nitrogens with zero attached hydrogens (tertiary/aromatic N) is 5. The van der Waals surface area contributed by atoms with E-state index >= 15 is 0 Å². The molecule has 0 aromatic carbocycles. The molecule has 126 valence electrons. The Bertz CT molecular complexity index is 839. The summed E-state index contributed by atoms with van der Waals surface area (Å²) in [6.07, 6.45) is 3.52. The van der Waals surface area contributed by atoms with Crippen molar-refractivity contribution in [2.24, 2.45) is 0 Å². The van der Waals surface area contributed by atoms with Gasteiger partial charge in [0.2, 0.25) is 0 Å². The van der Waals surface area contributed by atoms with Crippen LogP contribution < -0.4 is 4.90 Å². The molecule has 8 heteroatoms. The lowest BCUT2D eigenvalue weighted by Crippen LogP contribution is -2.52. The molecule has 1 fully saturated rings. The van der Waals surface area contributed by atoms with Crippen LogP contribution in [0.2, 0.25) is 0 Å². The van der Waals surface area contributed by atoms with Gasteiger partial charge in [0.05, 0.1) is 19.0 Å². The van der Waals surface area contributed by atoms with Crippen molar-refractivity contribution in [3.63, 3.8) is 0 Å². The summed E-state index contributed by atoms with van der Waals surface area (Å²) in [5, 5.41) is 12.8. The smallest absolute Gasteiger partial charge is 0.165 e. The summed E-state index contributed by atoms with van der Waals surface area (Å²) < 4.78 is 7.20. The number of imidazole rings is 1. The third-order valence-corrected chi connectivity index (χ3v) is 5.52. The topological polar surface area (TPSA) is 76.3 Å². The fraction of sp³-hybridized carbons (Fsp3) is 0.438. The van der Waals surface area contributed by atoms with E-state index in [1.807, 2.05) is 29.0 Å². The van der Waals surface area contributed by atoms with Crippen molar-refractivity contribution < 1.29 is 9.84 Å². The number of ether oxygens (including phenoxy) is 1. The molecule has 0 aliphatic carbocycles. The molecule has 24 heavy (non-hydrogen) atoms. The molecule has 0 bridgehead atoms. The van der Waals surface area contributed by atoms with E-state index in [0.717, 1.165) is 34.9 Å². The fourth-order valence-electron chi connectivity index (χ4n) is 2.97. The molecule has 0 saturated carbocycles. The maximum absolute atomic E-state index is 10.8. The van der Waals surface area contributed by atoms with Gasteiger partial charge in [-0.15, -0.1) is 11.3 Å². The number of aromatic nitrogens is 4. The normalized spacial score (nSPS) is 17.9. The first-order valence-electron chi connectivity index (χ1n) is 7.78. The second-order valence-electron chi connectivity index (χ2n) is 6.26. The second-order valence-corrected chi connectivity index (χ2v) is 7.20. The number of hydrogen-bond donors (Lipinski definition) is 1. The number of hydrogen-bond acceptors (Lipinski definition) is 7. The van der Waals surface area contributed by atoms with Crippen molar-refractivity contribution >= 4 is 28.3 Å². The predicted octanol–water partition coefficient (Wildman–Crippen LogP) is 1.63. The second kappa shape index (κ2) is 5.80. The summed E-state index contributed by atoms with van der Waals surface area (Å²) in [6.45, 7) is 3.82. The Labute approximate surface area is 143 Å². The van der Waals surface area contributed by atoms with Gasteiger partial charge in [-0.3, -0.25) is 0 Å².